The predicted octanol–water partition coefficient (Wildman–Crippen LogP) is 4.50. The van der Waals surface area contributed by atoms with Crippen LogP contribution < -0.4 is 10.1 Å². The molecule has 0 unspecified atom stereocenters. The molecule has 0 saturated carbocycles. The van der Waals surface area contributed by atoms with Gasteiger partial charge >= 0.3 is 0 Å². The molecule has 1 N–H and O–H groups in total. The van der Waals surface area contributed by atoms with Gasteiger partial charge in [-0.3, -0.25) is 14.4 Å². The Balaban J connectivity index is 1.57. The third kappa shape index (κ3) is 3.55. The number of benzene rings is 3. The fourth-order valence-corrected chi connectivity index (χ4v) is 3.34. The van der Waals surface area contributed by atoms with E-state index in [0.29, 0.717) is 39.3 Å². The first-order valence-electron chi connectivity index (χ1n) is 9.34. The maximum absolute atomic E-state index is 12.8. The van der Waals surface area contributed by atoms with Crippen LogP contribution in [-0.4, -0.2) is 23.6 Å². The van der Waals surface area contributed by atoms with E-state index in [1.807, 2.05) is 13.8 Å². The molecule has 5 heteroatoms. The van der Waals surface area contributed by atoms with E-state index in [-0.39, 0.29) is 23.6 Å². The number of amides is 1. The summed E-state index contributed by atoms with van der Waals surface area (Å²) in [4.78, 5) is 38.0. The molecule has 1 aliphatic carbocycles. The first-order valence-corrected chi connectivity index (χ1v) is 9.34. The van der Waals surface area contributed by atoms with Gasteiger partial charge in [-0.2, -0.15) is 0 Å². The quantitative estimate of drug-likeness (QED) is 0.561. The minimum Gasteiger partial charge on any atom is -0.491 e. The molecular weight excluding hydrogens is 366 g/mol. The topological polar surface area (TPSA) is 72.5 Å². The highest BCUT2D eigenvalue weighted by atomic mass is 16.5. The molecule has 0 aliphatic heterocycles. The Kier molecular flexibility index (Phi) is 4.72. The summed E-state index contributed by atoms with van der Waals surface area (Å²) >= 11 is 0. The first-order chi connectivity index (χ1) is 13.9. The van der Waals surface area contributed by atoms with E-state index >= 15 is 0 Å². The fraction of sp³-hybridized carbons (Fsp3) is 0.125. The number of fused-ring (bicyclic) bond motifs is 2. The SMILES string of the molecule is CC(C)Oc1ccc(C(=O)Nc2ccc3c(c2)C(=O)c2ccccc2C3=O)cc1. The van der Waals surface area contributed by atoms with Crippen LogP contribution in [0.2, 0.25) is 0 Å². The molecule has 29 heavy (non-hydrogen) atoms. The molecule has 0 radical (unpaired) electrons. The van der Waals surface area contributed by atoms with E-state index < -0.39 is 0 Å². The van der Waals surface area contributed by atoms with Gasteiger partial charge in [0, 0.05) is 33.5 Å². The van der Waals surface area contributed by atoms with Crippen LogP contribution >= 0.6 is 0 Å². The summed E-state index contributed by atoms with van der Waals surface area (Å²) in [5.41, 5.74) is 2.36. The Hall–Kier alpha value is -3.73. The third-order valence-electron chi connectivity index (χ3n) is 4.67. The highest BCUT2D eigenvalue weighted by Gasteiger charge is 2.29. The third-order valence-corrected chi connectivity index (χ3v) is 4.67. The zero-order chi connectivity index (χ0) is 20.5. The maximum atomic E-state index is 12.8. The Morgan fingerprint density at radius 1 is 0.793 bits per heavy atom. The number of anilines is 1. The lowest BCUT2D eigenvalue weighted by Gasteiger charge is -2.18. The van der Waals surface area contributed by atoms with Gasteiger partial charge in [-0.1, -0.05) is 24.3 Å². The van der Waals surface area contributed by atoms with Crippen molar-refractivity contribution in [2.75, 3.05) is 5.32 Å². The smallest absolute Gasteiger partial charge is 0.255 e. The number of rotatable bonds is 4. The molecule has 3 aromatic rings. The number of ketones is 2. The van der Waals surface area contributed by atoms with Crippen molar-refractivity contribution in [1.82, 2.24) is 0 Å². The number of hydrogen-bond acceptors (Lipinski definition) is 4. The first kappa shape index (κ1) is 18.6. The summed E-state index contributed by atoms with van der Waals surface area (Å²) in [5.74, 6) is -0.0283. The van der Waals surface area contributed by atoms with Gasteiger partial charge in [-0.25, -0.2) is 0 Å². The summed E-state index contributed by atoms with van der Waals surface area (Å²) in [6.45, 7) is 3.86. The van der Waals surface area contributed by atoms with Gasteiger partial charge in [0.2, 0.25) is 0 Å². The maximum Gasteiger partial charge on any atom is 0.255 e. The van der Waals surface area contributed by atoms with Crippen LogP contribution in [0.15, 0.2) is 66.7 Å². The molecule has 5 nitrogen and oxygen atoms in total. The molecule has 0 spiro atoms. The number of hydrogen-bond donors (Lipinski definition) is 1. The molecule has 3 aromatic carbocycles. The second-order valence-electron chi connectivity index (χ2n) is 7.11. The van der Waals surface area contributed by atoms with E-state index in [1.165, 1.54) is 0 Å². The van der Waals surface area contributed by atoms with Crippen LogP contribution in [0, 0.1) is 0 Å². The summed E-state index contributed by atoms with van der Waals surface area (Å²) in [6, 6.07) is 18.4. The van der Waals surface area contributed by atoms with Crippen LogP contribution in [0.5, 0.6) is 5.75 Å². The molecule has 0 bridgehead atoms. The Labute approximate surface area is 168 Å². The van der Waals surface area contributed by atoms with Crippen molar-refractivity contribution in [2.24, 2.45) is 0 Å². The minimum absolute atomic E-state index is 0.0514. The number of nitrogens with one attached hydrogen (secondary N) is 1. The average Bonchev–Trinajstić information content (AvgIpc) is 2.72. The van der Waals surface area contributed by atoms with Crippen molar-refractivity contribution in [2.45, 2.75) is 20.0 Å². The van der Waals surface area contributed by atoms with E-state index in [2.05, 4.69) is 5.32 Å². The zero-order valence-corrected chi connectivity index (χ0v) is 16.1. The van der Waals surface area contributed by atoms with E-state index in [0.717, 1.165) is 0 Å². The molecule has 1 amide bonds. The molecule has 0 aromatic heterocycles. The Morgan fingerprint density at radius 3 is 2.00 bits per heavy atom. The lowest BCUT2D eigenvalue weighted by atomic mass is 9.84. The van der Waals surface area contributed by atoms with Crippen molar-refractivity contribution < 1.29 is 19.1 Å². The molecule has 0 atom stereocenters. The van der Waals surface area contributed by atoms with Crippen molar-refractivity contribution in [3.8, 4) is 5.75 Å². The van der Waals surface area contributed by atoms with Gasteiger partial charge < -0.3 is 10.1 Å². The van der Waals surface area contributed by atoms with Crippen molar-refractivity contribution in [3.63, 3.8) is 0 Å². The van der Waals surface area contributed by atoms with E-state index in [4.69, 9.17) is 4.74 Å². The highest BCUT2D eigenvalue weighted by molar-refractivity contribution is 6.28. The van der Waals surface area contributed by atoms with Crippen LogP contribution in [0.1, 0.15) is 56.0 Å². The van der Waals surface area contributed by atoms with Crippen LogP contribution in [-0.2, 0) is 0 Å². The molecule has 4 rings (SSSR count). The Morgan fingerprint density at radius 2 is 1.38 bits per heavy atom. The summed E-state index contributed by atoms with van der Waals surface area (Å²) < 4.78 is 5.58. The van der Waals surface area contributed by atoms with Gasteiger partial charge in [-0.15, -0.1) is 0 Å². The van der Waals surface area contributed by atoms with Crippen LogP contribution in [0.3, 0.4) is 0 Å². The van der Waals surface area contributed by atoms with Gasteiger partial charge in [-0.05, 0) is 56.3 Å². The summed E-state index contributed by atoms with van der Waals surface area (Å²) in [5, 5.41) is 2.78. The summed E-state index contributed by atoms with van der Waals surface area (Å²) in [6.07, 6.45) is 0.0514. The van der Waals surface area contributed by atoms with Crippen LogP contribution in [0.4, 0.5) is 5.69 Å². The standard InChI is InChI=1S/C24H19NO4/c1-14(2)29-17-10-7-15(8-11-17)24(28)25-16-9-12-20-21(13-16)23(27)19-6-4-3-5-18(19)22(20)26/h3-14H,1-2H3,(H,25,28). The van der Waals surface area contributed by atoms with Gasteiger partial charge in [0.15, 0.2) is 11.6 Å². The highest BCUT2D eigenvalue weighted by Crippen LogP contribution is 2.29. The molecule has 144 valence electrons. The molecule has 0 fully saturated rings. The lowest BCUT2D eigenvalue weighted by molar-refractivity contribution is 0.0979. The number of ether oxygens (including phenoxy) is 1. The Bertz CT molecular complexity index is 1130. The summed E-state index contributed by atoms with van der Waals surface area (Å²) in [7, 11) is 0. The lowest BCUT2D eigenvalue weighted by Crippen LogP contribution is -2.21. The molecule has 0 saturated heterocycles. The predicted molar refractivity (Wildman–Crippen MR) is 110 cm³/mol. The average molecular weight is 385 g/mol. The van der Waals surface area contributed by atoms with Crippen molar-refractivity contribution in [3.05, 3.63) is 94.5 Å². The normalized spacial score (nSPS) is 12.4. The van der Waals surface area contributed by atoms with Gasteiger partial charge in [0.05, 0.1) is 6.10 Å². The second kappa shape index (κ2) is 7.36. The molecule has 0 heterocycles. The second-order valence-corrected chi connectivity index (χ2v) is 7.11. The fourth-order valence-electron chi connectivity index (χ4n) is 3.34. The minimum atomic E-state index is -0.309. The van der Waals surface area contributed by atoms with E-state index in [9.17, 15) is 14.4 Å². The van der Waals surface area contributed by atoms with Crippen molar-refractivity contribution >= 4 is 23.2 Å². The number of carbonyl (C=O) groups excluding carboxylic acids is 3. The van der Waals surface area contributed by atoms with E-state index in [1.54, 1.807) is 66.7 Å². The van der Waals surface area contributed by atoms with Gasteiger partial charge in [0.1, 0.15) is 5.75 Å². The van der Waals surface area contributed by atoms with Gasteiger partial charge in [0.25, 0.3) is 5.91 Å². The largest absolute Gasteiger partial charge is 0.491 e. The van der Waals surface area contributed by atoms with Crippen molar-refractivity contribution in [1.29, 1.82) is 0 Å². The zero-order valence-electron chi connectivity index (χ0n) is 16.1. The molecular formula is C24H19NO4. The monoisotopic (exact) mass is 385 g/mol. The van der Waals surface area contributed by atoms with Crippen LogP contribution in [0.25, 0.3) is 0 Å². The molecule has 1 aliphatic rings. The number of carbonyl (C=O) groups is 3.